The molecule has 0 saturated carbocycles. The Balaban J connectivity index is 1.61. The van der Waals surface area contributed by atoms with Crippen molar-refractivity contribution in [2.45, 2.75) is 50.0 Å². The highest BCUT2D eigenvalue weighted by atomic mass is 32.2. The van der Waals surface area contributed by atoms with Crippen LogP contribution in [-0.4, -0.2) is 39.4 Å². The summed E-state index contributed by atoms with van der Waals surface area (Å²) in [5.41, 5.74) is 2.51. The summed E-state index contributed by atoms with van der Waals surface area (Å²) in [6, 6.07) is 12.2. The Morgan fingerprint density at radius 1 is 1.10 bits per heavy atom. The normalized spacial score (nSPS) is 19.7. The zero-order valence-corrected chi connectivity index (χ0v) is 19.0. The summed E-state index contributed by atoms with van der Waals surface area (Å²) >= 11 is 0. The van der Waals surface area contributed by atoms with E-state index in [9.17, 15) is 13.2 Å². The first kappa shape index (κ1) is 21.8. The van der Waals surface area contributed by atoms with Crippen molar-refractivity contribution in [1.82, 2.24) is 9.62 Å². The summed E-state index contributed by atoms with van der Waals surface area (Å²) in [4.78, 5) is 15.0. The Hall–Kier alpha value is -2.38. The number of amides is 1. The molecule has 1 fully saturated rings. The average molecular weight is 443 g/mol. The molecule has 2 aliphatic rings. The lowest BCUT2D eigenvalue weighted by Gasteiger charge is -2.31. The van der Waals surface area contributed by atoms with Gasteiger partial charge < -0.3 is 9.64 Å². The van der Waals surface area contributed by atoms with E-state index >= 15 is 0 Å². The van der Waals surface area contributed by atoms with E-state index in [-0.39, 0.29) is 16.8 Å². The number of hydrogen-bond donors (Lipinski definition) is 1. The van der Waals surface area contributed by atoms with Crippen molar-refractivity contribution in [2.75, 3.05) is 20.2 Å². The van der Waals surface area contributed by atoms with Crippen LogP contribution in [0.2, 0.25) is 0 Å². The predicted octanol–water partition coefficient (Wildman–Crippen LogP) is 3.92. The predicted molar refractivity (Wildman–Crippen MR) is 120 cm³/mol. The van der Waals surface area contributed by atoms with Gasteiger partial charge in [0.1, 0.15) is 5.75 Å². The minimum atomic E-state index is -3.80. The molecule has 1 aliphatic carbocycles. The van der Waals surface area contributed by atoms with E-state index in [0.29, 0.717) is 30.3 Å². The molecule has 1 amide bonds. The van der Waals surface area contributed by atoms with Gasteiger partial charge in [-0.2, -0.15) is 0 Å². The van der Waals surface area contributed by atoms with Crippen LogP contribution in [0.25, 0.3) is 0 Å². The minimum Gasteiger partial charge on any atom is -0.496 e. The fourth-order valence-corrected chi connectivity index (χ4v) is 5.81. The Bertz CT molecular complexity index is 1060. The Labute approximate surface area is 184 Å². The molecular weight excluding hydrogens is 412 g/mol. The molecule has 6 nitrogen and oxygen atoms in total. The molecule has 4 rings (SSSR count). The standard InChI is InChI=1S/C24H30N2O4S/c1-17-12-14-26(15-13-17)24(27)21-16-19(10-11-23(21)30-2)31(28,29)25-22-9-5-7-18-6-3-4-8-20(18)22/h3-4,6,8,10-11,16-17,22,25H,5,7,9,12-15H2,1-2H3/t22-/m1/s1. The highest BCUT2D eigenvalue weighted by Crippen LogP contribution is 2.32. The quantitative estimate of drug-likeness (QED) is 0.761. The number of hydrogen-bond acceptors (Lipinski definition) is 4. The Morgan fingerprint density at radius 2 is 1.84 bits per heavy atom. The molecule has 2 aromatic rings. The molecule has 1 heterocycles. The Morgan fingerprint density at radius 3 is 2.58 bits per heavy atom. The highest BCUT2D eigenvalue weighted by molar-refractivity contribution is 7.89. The van der Waals surface area contributed by atoms with Crippen molar-refractivity contribution in [3.05, 3.63) is 59.2 Å². The smallest absolute Gasteiger partial charge is 0.257 e. The van der Waals surface area contributed by atoms with Gasteiger partial charge in [0.05, 0.1) is 17.6 Å². The number of likely N-dealkylation sites (tertiary alicyclic amines) is 1. The SMILES string of the molecule is COc1ccc(S(=O)(=O)N[C@@H]2CCCc3ccccc32)cc1C(=O)N1CCC(C)CC1. The second kappa shape index (κ2) is 9.01. The van der Waals surface area contributed by atoms with E-state index in [1.54, 1.807) is 11.0 Å². The van der Waals surface area contributed by atoms with Crippen molar-refractivity contribution in [1.29, 1.82) is 0 Å². The molecular formula is C24H30N2O4S. The zero-order valence-electron chi connectivity index (χ0n) is 18.1. The molecule has 0 aromatic heterocycles. The molecule has 2 aromatic carbocycles. The van der Waals surface area contributed by atoms with E-state index in [0.717, 1.165) is 37.7 Å². The van der Waals surface area contributed by atoms with Gasteiger partial charge in [-0.25, -0.2) is 13.1 Å². The van der Waals surface area contributed by atoms with Crippen LogP contribution in [0.3, 0.4) is 0 Å². The fraction of sp³-hybridized carbons (Fsp3) is 0.458. The lowest BCUT2D eigenvalue weighted by molar-refractivity contribution is 0.0693. The first-order chi connectivity index (χ1) is 14.9. The lowest BCUT2D eigenvalue weighted by Crippen LogP contribution is -2.38. The second-order valence-corrected chi connectivity index (χ2v) is 10.3. The number of piperidine rings is 1. The maximum atomic E-state index is 13.2. The van der Waals surface area contributed by atoms with Crippen LogP contribution in [-0.2, 0) is 16.4 Å². The van der Waals surface area contributed by atoms with E-state index < -0.39 is 10.0 Å². The van der Waals surface area contributed by atoms with Crippen LogP contribution in [0.15, 0.2) is 47.4 Å². The van der Waals surface area contributed by atoms with E-state index in [1.807, 2.05) is 18.2 Å². The molecule has 1 saturated heterocycles. The molecule has 1 aliphatic heterocycles. The maximum absolute atomic E-state index is 13.2. The van der Waals surface area contributed by atoms with Crippen LogP contribution in [0.5, 0.6) is 5.75 Å². The molecule has 1 atom stereocenters. The molecule has 7 heteroatoms. The third-order valence-corrected chi connectivity index (χ3v) is 7.92. The summed E-state index contributed by atoms with van der Waals surface area (Å²) in [5, 5.41) is 0. The zero-order chi connectivity index (χ0) is 22.0. The van der Waals surface area contributed by atoms with Gasteiger partial charge in [-0.15, -0.1) is 0 Å². The average Bonchev–Trinajstić information content (AvgIpc) is 2.78. The van der Waals surface area contributed by atoms with E-state index in [4.69, 9.17) is 4.74 Å². The van der Waals surface area contributed by atoms with Crippen LogP contribution in [0.4, 0.5) is 0 Å². The summed E-state index contributed by atoms with van der Waals surface area (Å²) < 4.78 is 34.7. The molecule has 31 heavy (non-hydrogen) atoms. The summed E-state index contributed by atoms with van der Waals surface area (Å²) in [6.07, 6.45) is 4.56. The van der Waals surface area contributed by atoms with Crippen LogP contribution in [0, 0.1) is 5.92 Å². The number of ether oxygens (including phenoxy) is 1. The van der Waals surface area contributed by atoms with E-state index in [2.05, 4.69) is 17.7 Å². The number of carbonyl (C=O) groups is 1. The lowest BCUT2D eigenvalue weighted by atomic mass is 9.88. The molecule has 0 unspecified atom stereocenters. The van der Waals surface area contributed by atoms with Crippen molar-refractivity contribution in [3.8, 4) is 5.75 Å². The maximum Gasteiger partial charge on any atom is 0.257 e. The summed E-state index contributed by atoms with van der Waals surface area (Å²) in [6.45, 7) is 3.54. The van der Waals surface area contributed by atoms with Gasteiger partial charge in [0.15, 0.2) is 0 Å². The topological polar surface area (TPSA) is 75.7 Å². The summed E-state index contributed by atoms with van der Waals surface area (Å²) in [7, 11) is -2.30. The third kappa shape index (κ3) is 4.62. The van der Waals surface area contributed by atoms with Crippen molar-refractivity contribution in [3.63, 3.8) is 0 Å². The van der Waals surface area contributed by atoms with Crippen molar-refractivity contribution in [2.24, 2.45) is 5.92 Å². The van der Waals surface area contributed by atoms with Crippen molar-refractivity contribution < 1.29 is 17.9 Å². The number of carbonyl (C=O) groups excluding carboxylic acids is 1. The monoisotopic (exact) mass is 442 g/mol. The van der Waals surface area contributed by atoms with Gasteiger partial charge in [0, 0.05) is 19.1 Å². The van der Waals surface area contributed by atoms with Gasteiger partial charge in [-0.05, 0) is 67.3 Å². The van der Waals surface area contributed by atoms with Crippen LogP contribution >= 0.6 is 0 Å². The van der Waals surface area contributed by atoms with Crippen molar-refractivity contribution >= 4 is 15.9 Å². The number of sulfonamides is 1. The highest BCUT2D eigenvalue weighted by Gasteiger charge is 2.28. The first-order valence-corrected chi connectivity index (χ1v) is 12.4. The number of nitrogens with zero attached hydrogens (tertiary/aromatic N) is 1. The summed E-state index contributed by atoms with van der Waals surface area (Å²) in [5.74, 6) is 0.814. The van der Waals surface area contributed by atoms with Gasteiger partial charge in [-0.3, -0.25) is 4.79 Å². The third-order valence-electron chi connectivity index (χ3n) is 6.45. The number of fused-ring (bicyclic) bond motifs is 1. The van der Waals surface area contributed by atoms with Gasteiger partial charge in [0.25, 0.3) is 5.91 Å². The number of nitrogens with one attached hydrogen (secondary N) is 1. The molecule has 0 bridgehead atoms. The largest absolute Gasteiger partial charge is 0.496 e. The fourth-order valence-electron chi connectivity index (χ4n) is 4.54. The van der Waals surface area contributed by atoms with Gasteiger partial charge in [-0.1, -0.05) is 31.2 Å². The Kier molecular flexibility index (Phi) is 6.34. The molecule has 0 spiro atoms. The van der Waals surface area contributed by atoms with Crippen LogP contribution in [0.1, 0.15) is 60.1 Å². The number of benzene rings is 2. The van der Waals surface area contributed by atoms with Gasteiger partial charge in [0.2, 0.25) is 10.0 Å². The van der Waals surface area contributed by atoms with Crippen LogP contribution < -0.4 is 9.46 Å². The minimum absolute atomic E-state index is 0.0880. The van der Waals surface area contributed by atoms with E-state index in [1.165, 1.54) is 24.8 Å². The number of methoxy groups -OCH3 is 1. The number of aryl methyl sites for hydroxylation is 1. The molecule has 1 N–H and O–H groups in total. The first-order valence-electron chi connectivity index (χ1n) is 11.0. The molecule has 166 valence electrons. The number of rotatable bonds is 5. The second-order valence-electron chi connectivity index (χ2n) is 8.60. The molecule has 0 radical (unpaired) electrons. The van der Waals surface area contributed by atoms with Gasteiger partial charge >= 0.3 is 0 Å².